The van der Waals surface area contributed by atoms with Crippen molar-refractivity contribution < 1.29 is 19.1 Å². The van der Waals surface area contributed by atoms with Crippen LogP contribution in [0.2, 0.25) is 0 Å². The zero-order valence-electron chi connectivity index (χ0n) is 13.0. The number of ketones is 1. The number of hydrogen-bond acceptors (Lipinski definition) is 4. The molecule has 0 amide bonds. The highest BCUT2D eigenvalue weighted by Crippen LogP contribution is 2.16. The van der Waals surface area contributed by atoms with Crippen LogP contribution >= 0.6 is 0 Å². The van der Waals surface area contributed by atoms with Crippen LogP contribution in [-0.4, -0.2) is 30.6 Å². The average molecular weight is 272 g/mol. The molecule has 0 N–H and O–H groups in total. The third kappa shape index (κ3) is 6.71. The number of Topliss-reactive ketones (excluding diaryl/α,β-unsaturated/α-hetero) is 1. The van der Waals surface area contributed by atoms with E-state index in [1.165, 1.54) is 6.92 Å². The predicted molar refractivity (Wildman–Crippen MR) is 75.0 cm³/mol. The van der Waals surface area contributed by atoms with Crippen molar-refractivity contribution in [1.82, 2.24) is 0 Å². The Labute approximate surface area is 116 Å². The van der Waals surface area contributed by atoms with Gasteiger partial charge in [0.15, 0.2) is 5.78 Å². The maximum absolute atomic E-state index is 11.5. The van der Waals surface area contributed by atoms with Crippen LogP contribution in [0.15, 0.2) is 0 Å². The lowest BCUT2D eigenvalue weighted by molar-refractivity contribution is -0.150. The Hall–Kier alpha value is -0.900. The van der Waals surface area contributed by atoms with Crippen LogP contribution in [0.3, 0.4) is 0 Å². The third-order valence-corrected chi connectivity index (χ3v) is 3.50. The molecule has 0 saturated carbocycles. The van der Waals surface area contributed by atoms with E-state index in [-0.39, 0.29) is 17.7 Å². The molecule has 4 heteroatoms. The Morgan fingerprint density at radius 1 is 1.21 bits per heavy atom. The SMILES string of the molecule is CCCC(C)C(=O)OCCCOC(C)(CC)C(C)=O. The second-order valence-electron chi connectivity index (χ2n) is 5.20. The number of rotatable bonds is 10. The summed E-state index contributed by atoms with van der Waals surface area (Å²) in [7, 11) is 0. The van der Waals surface area contributed by atoms with Crippen LogP contribution in [0.5, 0.6) is 0 Å². The van der Waals surface area contributed by atoms with Gasteiger partial charge in [-0.2, -0.15) is 0 Å². The molecular weight excluding hydrogens is 244 g/mol. The molecular formula is C15H28O4. The molecule has 112 valence electrons. The molecule has 0 fully saturated rings. The maximum Gasteiger partial charge on any atom is 0.308 e. The largest absolute Gasteiger partial charge is 0.465 e. The van der Waals surface area contributed by atoms with Gasteiger partial charge in [0.1, 0.15) is 5.60 Å². The molecule has 0 saturated heterocycles. The first-order valence-electron chi connectivity index (χ1n) is 7.19. The highest BCUT2D eigenvalue weighted by molar-refractivity contribution is 5.84. The molecule has 0 aliphatic carbocycles. The number of ether oxygens (including phenoxy) is 2. The van der Waals surface area contributed by atoms with Gasteiger partial charge in [0, 0.05) is 6.42 Å². The van der Waals surface area contributed by atoms with E-state index < -0.39 is 5.60 Å². The van der Waals surface area contributed by atoms with Gasteiger partial charge in [-0.05, 0) is 26.7 Å². The second-order valence-corrected chi connectivity index (χ2v) is 5.20. The smallest absolute Gasteiger partial charge is 0.308 e. The number of carbonyl (C=O) groups is 2. The number of carbonyl (C=O) groups excluding carboxylic acids is 2. The second kappa shape index (κ2) is 9.08. The van der Waals surface area contributed by atoms with Crippen LogP contribution in [-0.2, 0) is 19.1 Å². The van der Waals surface area contributed by atoms with E-state index in [9.17, 15) is 9.59 Å². The molecule has 0 aliphatic rings. The minimum absolute atomic E-state index is 0.0311. The van der Waals surface area contributed by atoms with E-state index in [2.05, 4.69) is 0 Å². The summed E-state index contributed by atoms with van der Waals surface area (Å²) in [4.78, 5) is 23.0. The molecule has 0 radical (unpaired) electrons. The summed E-state index contributed by atoms with van der Waals surface area (Å²) in [5, 5.41) is 0. The molecule has 2 atom stereocenters. The topological polar surface area (TPSA) is 52.6 Å². The van der Waals surface area contributed by atoms with Gasteiger partial charge in [-0.1, -0.05) is 27.2 Å². The quantitative estimate of drug-likeness (QED) is 0.453. The fourth-order valence-corrected chi connectivity index (χ4v) is 1.67. The Balaban J connectivity index is 3.82. The third-order valence-electron chi connectivity index (χ3n) is 3.50. The molecule has 2 unspecified atom stereocenters. The summed E-state index contributed by atoms with van der Waals surface area (Å²) in [5.41, 5.74) is -0.709. The Morgan fingerprint density at radius 2 is 1.84 bits per heavy atom. The fraction of sp³-hybridized carbons (Fsp3) is 0.867. The normalized spacial score (nSPS) is 15.6. The van der Waals surface area contributed by atoms with Gasteiger partial charge in [-0.25, -0.2) is 0 Å². The standard InChI is InChI=1S/C15H28O4/c1-6-9-12(3)14(17)18-10-8-11-19-15(5,7-2)13(4)16/h12H,6-11H2,1-5H3. The van der Waals surface area contributed by atoms with Gasteiger partial charge in [0.05, 0.1) is 19.1 Å². The van der Waals surface area contributed by atoms with E-state index in [0.717, 1.165) is 12.8 Å². The fourth-order valence-electron chi connectivity index (χ4n) is 1.67. The first-order valence-corrected chi connectivity index (χ1v) is 7.19. The van der Waals surface area contributed by atoms with E-state index in [1.54, 1.807) is 6.92 Å². The monoisotopic (exact) mass is 272 g/mol. The summed E-state index contributed by atoms with van der Waals surface area (Å²) >= 11 is 0. The molecule has 4 nitrogen and oxygen atoms in total. The molecule has 0 rings (SSSR count). The summed E-state index contributed by atoms with van der Waals surface area (Å²) < 4.78 is 10.8. The van der Waals surface area contributed by atoms with Gasteiger partial charge >= 0.3 is 5.97 Å². The highest BCUT2D eigenvalue weighted by atomic mass is 16.5. The molecule has 0 aliphatic heterocycles. The average Bonchev–Trinajstić information content (AvgIpc) is 2.37. The number of hydrogen-bond donors (Lipinski definition) is 0. The van der Waals surface area contributed by atoms with Crippen LogP contribution in [0, 0.1) is 5.92 Å². The number of esters is 1. The predicted octanol–water partition coefficient (Wildman–Crippen LogP) is 3.13. The van der Waals surface area contributed by atoms with Crippen molar-refractivity contribution in [2.45, 2.75) is 65.9 Å². The summed E-state index contributed by atoms with van der Waals surface area (Å²) in [5.74, 6) is -0.153. The van der Waals surface area contributed by atoms with Crippen molar-refractivity contribution >= 4 is 11.8 Å². The molecule has 0 spiro atoms. The first-order chi connectivity index (χ1) is 8.87. The van der Waals surface area contributed by atoms with Crippen LogP contribution in [0.25, 0.3) is 0 Å². The summed E-state index contributed by atoms with van der Waals surface area (Å²) in [6.45, 7) is 9.97. The lowest BCUT2D eigenvalue weighted by Gasteiger charge is -2.25. The molecule has 0 aromatic carbocycles. The van der Waals surface area contributed by atoms with Crippen molar-refractivity contribution in [3.63, 3.8) is 0 Å². The minimum Gasteiger partial charge on any atom is -0.465 e. The van der Waals surface area contributed by atoms with Crippen molar-refractivity contribution in [3.8, 4) is 0 Å². The molecule has 0 aromatic heterocycles. The van der Waals surface area contributed by atoms with Gasteiger partial charge in [0.25, 0.3) is 0 Å². The minimum atomic E-state index is -0.709. The van der Waals surface area contributed by atoms with Gasteiger partial charge in [0.2, 0.25) is 0 Å². The van der Waals surface area contributed by atoms with Gasteiger partial charge < -0.3 is 9.47 Å². The molecule has 0 aromatic rings. The van der Waals surface area contributed by atoms with E-state index >= 15 is 0 Å². The van der Waals surface area contributed by atoms with E-state index in [0.29, 0.717) is 26.1 Å². The first kappa shape index (κ1) is 18.1. The van der Waals surface area contributed by atoms with Crippen LogP contribution in [0.4, 0.5) is 0 Å². The summed E-state index contributed by atoms with van der Waals surface area (Å²) in [6, 6.07) is 0. The molecule has 0 heterocycles. The molecule has 19 heavy (non-hydrogen) atoms. The van der Waals surface area contributed by atoms with E-state index in [1.807, 2.05) is 20.8 Å². The molecule has 0 bridgehead atoms. The highest BCUT2D eigenvalue weighted by Gasteiger charge is 2.28. The van der Waals surface area contributed by atoms with Crippen molar-refractivity contribution in [2.24, 2.45) is 5.92 Å². The zero-order chi connectivity index (χ0) is 14.9. The maximum atomic E-state index is 11.5. The lowest BCUT2D eigenvalue weighted by Crippen LogP contribution is -2.36. The Morgan fingerprint density at radius 3 is 2.32 bits per heavy atom. The van der Waals surface area contributed by atoms with Gasteiger partial charge in [-0.3, -0.25) is 9.59 Å². The van der Waals surface area contributed by atoms with Crippen LogP contribution < -0.4 is 0 Å². The van der Waals surface area contributed by atoms with Crippen molar-refractivity contribution in [3.05, 3.63) is 0 Å². The Kier molecular flexibility index (Phi) is 8.65. The van der Waals surface area contributed by atoms with Crippen molar-refractivity contribution in [1.29, 1.82) is 0 Å². The van der Waals surface area contributed by atoms with E-state index in [4.69, 9.17) is 9.47 Å². The van der Waals surface area contributed by atoms with Crippen molar-refractivity contribution in [2.75, 3.05) is 13.2 Å². The van der Waals surface area contributed by atoms with Gasteiger partial charge in [-0.15, -0.1) is 0 Å². The lowest BCUT2D eigenvalue weighted by atomic mass is 9.99. The zero-order valence-corrected chi connectivity index (χ0v) is 13.0. The van der Waals surface area contributed by atoms with Crippen LogP contribution in [0.1, 0.15) is 60.3 Å². The Bertz CT molecular complexity index is 288. The summed E-state index contributed by atoms with van der Waals surface area (Å²) in [6.07, 6.45) is 3.10.